The lowest BCUT2D eigenvalue weighted by Gasteiger charge is -2.11. The predicted molar refractivity (Wildman–Crippen MR) is 86.7 cm³/mol. The number of rotatable bonds is 3. The highest BCUT2D eigenvalue weighted by atomic mass is 35.5. The second-order valence-corrected chi connectivity index (χ2v) is 5.72. The number of nitrogens with zero attached hydrogens (tertiary/aromatic N) is 2. The smallest absolute Gasteiger partial charge is 0.225 e. The van der Waals surface area contributed by atoms with Crippen LogP contribution in [0.4, 0.5) is 17.5 Å². The average molecular weight is 325 g/mol. The van der Waals surface area contributed by atoms with Crippen molar-refractivity contribution in [1.82, 2.24) is 9.97 Å². The van der Waals surface area contributed by atoms with Crippen molar-refractivity contribution in [2.45, 2.75) is 0 Å². The molecule has 7 heteroatoms. The number of nitrogens with one attached hydrogen (secondary N) is 2. The molecule has 0 spiro atoms. The summed E-state index contributed by atoms with van der Waals surface area (Å²) in [6.45, 7) is 0. The minimum atomic E-state index is 0.547. The zero-order valence-electron chi connectivity index (χ0n) is 10.4. The Morgan fingerprint density at radius 3 is 2.55 bits per heavy atom. The molecule has 0 aliphatic carbocycles. The third-order valence-electron chi connectivity index (χ3n) is 2.75. The fourth-order valence-corrected chi connectivity index (χ4v) is 3.05. The highest BCUT2D eigenvalue weighted by Gasteiger charge is 2.12. The molecule has 0 atom stereocenters. The molecule has 0 amide bonds. The Kier molecular flexibility index (Phi) is 3.65. The van der Waals surface area contributed by atoms with Gasteiger partial charge in [-0.15, -0.1) is 11.3 Å². The molecule has 3 aromatic rings. The largest absolute Gasteiger partial charge is 0.357 e. The van der Waals surface area contributed by atoms with E-state index in [1.165, 1.54) is 0 Å². The first-order chi connectivity index (χ1) is 9.69. The van der Waals surface area contributed by atoms with Crippen LogP contribution in [0.5, 0.6) is 0 Å². The summed E-state index contributed by atoms with van der Waals surface area (Å²) in [5.41, 5.74) is 0.643. The fraction of sp³-hybridized carbons (Fsp3) is 0.0769. The summed E-state index contributed by atoms with van der Waals surface area (Å²) < 4.78 is 0. The molecular weight excluding hydrogens is 315 g/mol. The summed E-state index contributed by atoms with van der Waals surface area (Å²) >= 11 is 13.9. The van der Waals surface area contributed by atoms with Gasteiger partial charge in [0.15, 0.2) is 0 Å². The number of hydrogen-bond acceptors (Lipinski definition) is 5. The molecule has 0 saturated carbocycles. The SMILES string of the molecule is CNc1nc(Nc2c(Cl)cccc2Cl)c2ccsc2n1. The summed E-state index contributed by atoms with van der Waals surface area (Å²) in [6, 6.07) is 7.32. The van der Waals surface area contributed by atoms with Gasteiger partial charge in [-0.05, 0) is 23.6 Å². The molecule has 0 saturated heterocycles. The lowest BCUT2D eigenvalue weighted by Crippen LogP contribution is -2.01. The molecule has 0 fully saturated rings. The maximum atomic E-state index is 6.17. The molecule has 0 unspecified atom stereocenters. The summed E-state index contributed by atoms with van der Waals surface area (Å²) in [5.74, 6) is 1.22. The van der Waals surface area contributed by atoms with E-state index in [9.17, 15) is 0 Å². The lowest BCUT2D eigenvalue weighted by atomic mass is 10.3. The van der Waals surface area contributed by atoms with Gasteiger partial charge in [-0.3, -0.25) is 0 Å². The summed E-state index contributed by atoms with van der Waals surface area (Å²) in [4.78, 5) is 9.71. The summed E-state index contributed by atoms with van der Waals surface area (Å²) in [6.07, 6.45) is 0. The Morgan fingerprint density at radius 1 is 1.10 bits per heavy atom. The number of aromatic nitrogens is 2. The van der Waals surface area contributed by atoms with E-state index in [1.54, 1.807) is 36.6 Å². The van der Waals surface area contributed by atoms with E-state index in [0.717, 1.165) is 10.2 Å². The van der Waals surface area contributed by atoms with Gasteiger partial charge in [0, 0.05) is 7.05 Å². The van der Waals surface area contributed by atoms with Crippen molar-refractivity contribution in [2.75, 3.05) is 17.7 Å². The minimum Gasteiger partial charge on any atom is -0.357 e. The Hall–Kier alpha value is -1.56. The van der Waals surface area contributed by atoms with Gasteiger partial charge < -0.3 is 10.6 Å². The van der Waals surface area contributed by atoms with Gasteiger partial charge in [0.25, 0.3) is 0 Å². The molecule has 0 aliphatic heterocycles. The first kappa shape index (κ1) is 13.4. The van der Waals surface area contributed by atoms with Crippen molar-refractivity contribution >= 4 is 62.2 Å². The van der Waals surface area contributed by atoms with Gasteiger partial charge >= 0.3 is 0 Å². The van der Waals surface area contributed by atoms with Crippen LogP contribution in [0.15, 0.2) is 29.6 Å². The van der Waals surface area contributed by atoms with Crippen molar-refractivity contribution in [3.8, 4) is 0 Å². The van der Waals surface area contributed by atoms with Crippen LogP contribution in [0.1, 0.15) is 0 Å². The van der Waals surface area contributed by atoms with Crippen LogP contribution >= 0.6 is 34.5 Å². The van der Waals surface area contributed by atoms with Crippen molar-refractivity contribution in [1.29, 1.82) is 0 Å². The molecule has 1 aromatic carbocycles. The lowest BCUT2D eigenvalue weighted by molar-refractivity contribution is 1.20. The van der Waals surface area contributed by atoms with Gasteiger partial charge in [-0.25, -0.2) is 4.98 Å². The number of hydrogen-bond donors (Lipinski definition) is 2. The number of para-hydroxylation sites is 1. The highest BCUT2D eigenvalue weighted by Crippen LogP contribution is 2.35. The Balaban J connectivity index is 2.12. The van der Waals surface area contributed by atoms with Crippen LogP contribution in [0.2, 0.25) is 10.0 Å². The van der Waals surface area contributed by atoms with Crippen molar-refractivity contribution in [3.63, 3.8) is 0 Å². The summed E-state index contributed by atoms with van der Waals surface area (Å²) in [7, 11) is 1.78. The Bertz CT molecular complexity index is 752. The van der Waals surface area contributed by atoms with E-state index in [1.807, 2.05) is 11.4 Å². The topological polar surface area (TPSA) is 49.8 Å². The molecule has 2 heterocycles. The van der Waals surface area contributed by atoms with Crippen LogP contribution in [-0.2, 0) is 0 Å². The van der Waals surface area contributed by atoms with Crippen molar-refractivity contribution < 1.29 is 0 Å². The van der Waals surface area contributed by atoms with Crippen LogP contribution in [0.3, 0.4) is 0 Å². The average Bonchev–Trinajstić information content (AvgIpc) is 2.91. The third kappa shape index (κ3) is 2.40. The van der Waals surface area contributed by atoms with Gasteiger partial charge in [0.2, 0.25) is 5.95 Å². The standard InChI is InChI=1S/C13H10Cl2N4S/c1-16-13-18-11(7-5-6-20-12(7)19-13)17-10-8(14)3-2-4-9(10)15/h2-6H,1H3,(H2,16,17,18,19). The van der Waals surface area contributed by atoms with Crippen LogP contribution in [-0.4, -0.2) is 17.0 Å². The number of benzene rings is 1. The molecule has 0 aliphatic rings. The number of anilines is 3. The van der Waals surface area contributed by atoms with Gasteiger partial charge in [0.1, 0.15) is 10.6 Å². The fourth-order valence-electron chi connectivity index (χ4n) is 1.80. The first-order valence-corrected chi connectivity index (χ1v) is 7.46. The quantitative estimate of drug-likeness (QED) is 0.727. The number of thiophene rings is 1. The normalized spacial score (nSPS) is 10.8. The summed E-state index contributed by atoms with van der Waals surface area (Å²) in [5, 5.41) is 10.1. The molecule has 20 heavy (non-hydrogen) atoms. The molecular formula is C13H10Cl2N4S. The predicted octanol–water partition coefficient (Wildman–Crippen LogP) is 4.78. The van der Waals surface area contributed by atoms with Gasteiger partial charge in [-0.2, -0.15) is 4.98 Å². The van der Waals surface area contributed by atoms with E-state index in [-0.39, 0.29) is 0 Å². The molecule has 3 rings (SSSR count). The van der Waals surface area contributed by atoms with Gasteiger partial charge in [-0.1, -0.05) is 29.3 Å². The van der Waals surface area contributed by atoms with E-state index in [4.69, 9.17) is 23.2 Å². The zero-order valence-corrected chi connectivity index (χ0v) is 12.8. The third-order valence-corrected chi connectivity index (χ3v) is 4.19. The second-order valence-electron chi connectivity index (χ2n) is 4.01. The Labute approximate surface area is 129 Å². The zero-order chi connectivity index (χ0) is 14.1. The monoisotopic (exact) mass is 324 g/mol. The minimum absolute atomic E-state index is 0.547. The molecule has 0 radical (unpaired) electrons. The van der Waals surface area contributed by atoms with E-state index in [2.05, 4.69) is 20.6 Å². The van der Waals surface area contributed by atoms with Gasteiger partial charge in [0.05, 0.1) is 21.1 Å². The van der Waals surface area contributed by atoms with Crippen molar-refractivity contribution in [3.05, 3.63) is 39.7 Å². The van der Waals surface area contributed by atoms with E-state index >= 15 is 0 Å². The highest BCUT2D eigenvalue weighted by molar-refractivity contribution is 7.16. The number of halogens is 2. The molecule has 4 nitrogen and oxygen atoms in total. The molecule has 0 bridgehead atoms. The van der Waals surface area contributed by atoms with Crippen LogP contribution in [0, 0.1) is 0 Å². The molecule has 2 N–H and O–H groups in total. The van der Waals surface area contributed by atoms with E-state index in [0.29, 0.717) is 27.5 Å². The second kappa shape index (κ2) is 5.44. The van der Waals surface area contributed by atoms with Crippen molar-refractivity contribution in [2.24, 2.45) is 0 Å². The van der Waals surface area contributed by atoms with Crippen LogP contribution < -0.4 is 10.6 Å². The molecule has 102 valence electrons. The Morgan fingerprint density at radius 2 is 1.85 bits per heavy atom. The first-order valence-electron chi connectivity index (χ1n) is 5.83. The maximum Gasteiger partial charge on any atom is 0.225 e. The molecule has 2 aromatic heterocycles. The van der Waals surface area contributed by atoms with Crippen LogP contribution in [0.25, 0.3) is 10.2 Å². The van der Waals surface area contributed by atoms with E-state index < -0.39 is 0 Å². The number of fused-ring (bicyclic) bond motifs is 1. The maximum absolute atomic E-state index is 6.17.